The zero-order chi connectivity index (χ0) is 30.3. The van der Waals surface area contributed by atoms with Crippen molar-refractivity contribution < 1.29 is 13.4 Å². The van der Waals surface area contributed by atoms with Crippen molar-refractivity contribution >= 4 is 37.7 Å². The number of thiol groups is 1. The Kier molecular flexibility index (Phi) is 7.32. The van der Waals surface area contributed by atoms with Gasteiger partial charge >= 0.3 is 0 Å². The lowest BCUT2D eigenvalue weighted by Gasteiger charge is -2.14. The molecule has 1 fully saturated rings. The van der Waals surface area contributed by atoms with E-state index in [0.717, 1.165) is 41.7 Å². The van der Waals surface area contributed by atoms with Gasteiger partial charge in [-0.25, -0.2) is 9.37 Å². The molecule has 0 atom stereocenters. The highest BCUT2D eigenvalue weighted by Crippen LogP contribution is 2.33. The van der Waals surface area contributed by atoms with E-state index in [-0.39, 0.29) is 6.54 Å². The molecule has 1 saturated heterocycles. The van der Waals surface area contributed by atoms with Crippen molar-refractivity contribution in [2.75, 3.05) is 19.3 Å². The number of carbonyl (C=O) groups is 1. The summed E-state index contributed by atoms with van der Waals surface area (Å²) < 4.78 is 29.5. The molecule has 7 rings (SSSR count). The van der Waals surface area contributed by atoms with Crippen molar-refractivity contribution in [3.8, 4) is 33.8 Å². The first-order valence-electron chi connectivity index (χ1n) is 14.4. The Balaban J connectivity index is 1.23. The summed E-state index contributed by atoms with van der Waals surface area (Å²) in [5, 5.41) is 8.59. The molecule has 44 heavy (non-hydrogen) atoms. The molecule has 0 saturated carbocycles. The van der Waals surface area contributed by atoms with Gasteiger partial charge in [0.25, 0.3) is 0 Å². The Morgan fingerprint density at radius 1 is 0.955 bits per heavy atom. The third-order valence-corrected chi connectivity index (χ3v) is 9.17. The summed E-state index contributed by atoms with van der Waals surface area (Å²) >= 11 is 0. The number of aromatic amines is 2. The normalized spacial score (nSPS) is 14.5. The van der Waals surface area contributed by atoms with E-state index in [1.807, 2.05) is 18.5 Å². The van der Waals surface area contributed by atoms with Crippen LogP contribution in [0.5, 0.6) is 0 Å². The standard InChI is InChI=1S/C32H31FN8O2S/c1-44(43,19-42)36-14-20-8-23(11-25(33)10-20)27-16-35-17-29-30(27)38-32(37-29)31-26-12-22(4-5-28(26)39-40-31)24-9-21(13-34-15-24)18-41-6-2-3-7-41/h4-5,8-13,15-17,19,44H,2-3,6-7,14,18H2,1H3,(H,36,43)(H,37,38)(H,39,40). The fourth-order valence-electron chi connectivity index (χ4n) is 5.75. The van der Waals surface area contributed by atoms with Gasteiger partial charge in [-0.3, -0.25) is 33.7 Å². The highest BCUT2D eigenvalue weighted by molar-refractivity contribution is 8.12. The number of pyridine rings is 2. The zero-order valence-electron chi connectivity index (χ0n) is 24.0. The van der Waals surface area contributed by atoms with Gasteiger partial charge in [-0.2, -0.15) is 5.10 Å². The summed E-state index contributed by atoms with van der Waals surface area (Å²) in [4.78, 5) is 30.6. The molecule has 1 aliphatic heterocycles. The molecule has 0 bridgehead atoms. The van der Waals surface area contributed by atoms with E-state index >= 15 is 0 Å². The van der Waals surface area contributed by atoms with Crippen LogP contribution in [0, 0.1) is 5.82 Å². The number of fused-ring (bicyclic) bond motifs is 2. The molecule has 224 valence electrons. The van der Waals surface area contributed by atoms with Gasteiger partial charge in [-0.1, -0.05) is 6.07 Å². The summed E-state index contributed by atoms with van der Waals surface area (Å²) in [7, 11) is -3.16. The van der Waals surface area contributed by atoms with Crippen molar-refractivity contribution in [1.82, 2.24) is 39.8 Å². The van der Waals surface area contributed by atoms with Crippen molar-refractivity contribution in [2.24, 2.45) is 0 Å². The number of H-pyrrole nitrogens is 2. The minimum Gasteiger partial charge on any atom is -0.335 e. The van der Waals surface area contributed by atoms with Crippen LogP contribution in [0.1, 0.15) is 24.0 Å². The van der Waals surface area contributed by atoms with Gasteiger partial charge in [0.15, 0.2) is 11.4 Å². The second-order valence-electron chi connectivity index (χ2n) is 11.3. The van der Waals surface area contributed by atoms with Gasteiger partial charge < -0.3 is 4.98 Å². The Morgan fingerprint density at radius 2 is 1.77 bits per heavy atom. The minimum absolute atomic E-state index is 0.0742. The molecule has 0 radical (unpaired) electrons. The predicted molar refractivity (Wildman–Crippen MR) is 171 cm³/mol. The molecular formula is C32H31FN8O2S. The van der Waals surface area contributed by atoms with Crippen LogP contribution in [-0.4, -0.2) is 64.2 Å². The third kappa shape index (κ3) is 5.66. The van der Waals surface area contributed by atoms with Crippen molar-refractivity contribution in [2.45, 2.75) is 25.9 Å². The molecule has 1 aliphatic rings. The summed E-state index contributed by atoms with van der Waals surface area (Å²) in [6.07, 6.45) is 11.0. The maximum Gasteiger partial charge on any atom is 0.194 e. The van der Waals surface area contributed by atoms with E-state index in [9.17, 15) is 13.4 Å². The molecule has 4 aromatic heterocycles. The molecule has 2 aromatic carbocycles. The number of nitrogens with zero attached hydrogens (tertiary/aromatic N) is 5. The van der Waals surface area contributed by atoms with Gasteiger partial charge in [-0.05, 0) is 94.7 Å². The maximum atomic E-state index is 14.7. The van der Waals surface area contributed by atoms with Crippen molar-refractivity contribution in [3.05, 3.63) is 84.2 Å². The molecule has 3 N–H and O–H groups in total. The third-order valence-electron chi connectivity index (χ3n) is 7.98. The largest absolute Gasteiger partial charge is 0.335 e. The van der Waals surface area contributed by atoms with E-state index in [0.29, 0.717) is 44.9 Å². The van der Waals surface area contributed by atoms with E-state index in [2.05, 4.69) is 53.0 Å². The number of imidazole rings is 1. The molecule has 12 heteroatoms. The van der Waals surface area contributed by atoms with Crippen LogP contribution < -0.4 is 4.72 Å². The first-order chi connectivity index (χ1) is 21.3. The van der Waals surface area contributed by atoms with Crippen molar-refractivity contribution in [3.63, 3.8) is 0 Å². The lowest BCUT2D eigenvalue weighted by Crippen LogP contribution is -2.30. The van der Waals surface area contributed by atoms with Gasteiger partial charge in [-0.15, -0.1) is 0 Å². The Bertz CT molecular complexity index is 2070. The molecule has 0 spiro atoms. The van der Waals surface area contributed by atoms with Crippen LogP contribution >= 0.6 is 0 Å². The number of hydrogen-bond acceptors (Lipinski definition) is 7. The van der Waals surface area contributed by atoms with Crippen LogP contribution in [0.15, 0.2) is 67.3 Å². The van der Waals surface area contributed by atoms with Gasteiger partial charge in [0, 0.05) is 54.4 Å². The molecule has 6 aromatic rings. The van der Waals surface area contributed by atoms with Crippen LogP contribution in [0.3, 0.4) is 0 Å². The average Bonchev–Trinajstić information content (AvgIpc) is 3.79. The summed E-state index contributed by atoms with van der Waals surface area (Å²) in [6.45, 7) is 3.23. The molecule has 10 nitrogen and oxygen atoms in total. The smallest absolute Gasteiger partial charge is 0.194 e. The SMILES string of the molecule is C[SH](=O)(C=O)NCc1cc(F)cc(-c2cncc3[nH]c(-c4n[nH]c5ccc(-c6cncc(CN7CCCC7)c6)cc45)nc23)c1. The van der Waals surface area contributed by atoms with Crippen LogP contribution in [0.2, 0.25) is 0 Å². The number of hydrogen-bond donors (Lipinski definition) is 4. The van der Waals surface area contributed by atoms with E-state index in [4.69, 9.17) is 4.98 Å². The quantitative estimate of drug-likeness (QED) is 0.137. The summed E-state index contributed by atoms with van der Waals surface area (Å²) in [5.41, 5.74) is 8.20. The maximum absolute atomic E-state index is 14.7. The average molecular weight is 611 g/mol. The van der Waals surface area contributed by atoms with Gasteiger partial charge in [0.05, 0.1) is 22.7 Å². The predicted octanol–water partition coefficient (Wildman–Crippen LogP) is 4.81. The second-order valence-corrected chi connectivity index (χ2v) is 13.9. The number of benzene rings is 2. The van der Waals surface area contributed by atoms with Gasteiger partial charge in [0.1, 0.15) is 11.5 Å². The Morgan fingerprint density at radius 3 is 2.61 bits per heavy atom. The molecule has 0 unspecified atom stereocenters. The lowest BCUT2D eigenvalue weighted by atomic mass is 10.0. The van der Waals surface area contributed by atoms with E-state index in [1.165, 1.54) is 36.8 Å². The molecule has 0 aliphatic carbocycles. The topological polar surface area (TPSA) is 133 Å². The number of rotatable bonds is 9. The van der Waals surface area contributed by atoms with Crippen molar-refractivity contribution in [1.29, 1.82) is 0 Å². The number of carbonyl (C=O) groups excluding carboxylic acids is 1. The summed E-state index contributed by atoms with van der Waals surface area (Å²) in [6, 6.07) is 12.9. The molecule has 0 amide bonds. The monoisotopic (exact) mass is 610 g/mol. The van der Waals surface area contributed by atoms with Crippen LogP contribution in [-0.2, 0) is 28.0 Å². The van der Waals surface area contributed by atoms with E-state index in [1.54, 1.807) is 18.5 Å². The van der Waals surface area contributed by atoms with E-state index < -0.39 is 15.9 Å². The van der Waals surface area contributed by atoms with Crippen LogP contribution in [0.25, 0.3) is 55.7 Å². The summed E-state index contributed by atoms with van der Waals surface area (Å²) in [5.74, 6) is 0.0867. The number of nitrogens with one attached hydrogen (secondary N) is 3. The number of likely N-dealkylation sites (tertiary alicyclic amines) is 1. The molecular weight excluding hydrogens is 579 g/mol. The zero-order valence-corrected chi connectivity index (χ0v) is 24.9. The van der Waals surface area contributed by atoms with Crippen LogP contribution in [0.4, 0.5) is 4.39 Å². The Labute approximate surface area is 253 Å². The highest BCUT2D eigenvalue weighted by Gasteiger charge is 2.18. The lowest BCUT2D eigenvalue weighted by molar-refractivity contribution is 0.331. The highest BCUT2D eigenvalue weighted by atomic mass is 32.3. The Hall–Kier alpha value is -4.65. The number of aromatic nitrogens is 6. The molecule has 5 heterocycles. The first kappa shape index (κ1) is 28.1. The fourth-order valence-corrected chi connectivity index (χ4v) is 6.33. The van der Waals surface area contributed by atoms with Gasteiger partial charge in [0.2, 0.25) is 0 Å². The fraction of sp³-hybridized carbons (Fsp3) is 0.219. The number of halogens is 1. The second kappa shape index (κ2) is 11.5. The first-order valence-corrected chi connectivity index (χ1v) is 16.6. The minimum atomic E-state index is -3.16.